The van der Waals surface area contributed by atoms with Crippen LogP contribution in [0.15, 0.2) is 24.3 Å². The van der Waals surface area contributed by atoms with E-state index in [-0.39, 0.29) is 18.3 Å². The lowest BCUT2D eigenvalue weighted by Crippen LogP contribution is -2.55. The van der Waals surface area contributed by atoms with Gasteiger partial charge in [-0.3, -0.25) is 4.79 Å². The monoisotopic (exact) mass is 316 g/mol. The van der Waals surface area contributed by atoms with Crippen LogP contribution in [0.25, 0.3) is 0 Å². The molecule has 0 bridgehead atoms. The number of carbonyl (C=O) groups is 1. The van der Waals surface area contributed by atoms with Crippen LogP contribution in [-0.4, -0.2) is 36.0 Å². The third-order valence-electron chi connectivity index (χ3n) is 3.43. The van der Waals surface area contributed by atoms with E-state index in [4.69, 9.17) is 11.6 Å². The van der Waals surface area contributed by atoms with Gasteiger partial charge in [-0.15, -0.1) is 12.4 Å². The molecule has 2 atom stereocenters. The maximum Gasteiger partial charge on any atom is 0.223 e. The number of carbonyl (C=O) groups excluding carboxylic acids is 1. The summed E-state index contributed by atoms with van der Waals surface area (Å²) in [6, 6.07) is 8.47. The first-order valence-corrected chi connectivity index (χ1v) is 7.20. The van der Waals surface area contributed by atoms with Crippen molar-refractivity contribution >= 4 is 29.9 Å². The number of benzene rings is 1. The van der Waals surface area contributed by atoms with Gasteiger partial charge >= 0.3 is 0 Å². The molecule has 1 N–H and O–H groups in total. The van der Waals surface area contributed by atoms with Gasteiger partial charge in [-0.1, -0.05) is 23.7 Å². The minimum absolute atomic E-state index is 0. The quantitative estimate of drug-likeness (QED) is 0.930. The van der Waals surface area contributed by atoms with Crippen molar-refractivity contribution in [2.24, 2.45) is 0 Å². The summed E-state index contributed by atoms with van der Waals surface area (Å²) in [6.07, 6.45) is 1.31. The van der Waals surface area contributed by atoms with Crippen molar-refractivity contribution in [3.8, 4) is 0 Å². The lowest BCUT2D eigenvalue weighted by Gasteiger charge is -2.36. The number of rotatable bonds is 3. The van der Waals surface area contributed by atoms with Crippen LogP contribution in [0, 0.1) is 0 Å². The standard InChI is InChI=1S/C15H21ClN2O.ClH/c1-11-9-18(10-12(2)17-11)15(19)7-6-13-4-3-5-14(16)8-13;/h3-5,8,11-12,17H,6-7,9-10H2,1-2H3;1H. The van der Waals surface area contributed by atoms with Gasteiger partial charge in [0.05, 0.1) is 0 Å². The molecule has 1 heterocycles. The number of nitrogens with one attached hydrogen (secondary N) is 1. The van der Waals surface area contributed by atoms with Gasteiger partial charge in [0.15, 0.2) is 0 Å². The second kappa shape index (κ2) is 7.87. The molecule has 112 valence electrons. The van der Waals surface area contributed by atoms with Crippen LogP contribution in [-0.2, 0) is 11.2 Å². The smallest absolute Gasteiger partial charge is 0.223 e. The fourth-order valence-corrected chi connectivity index (χ4v) is 2.85. The van der Waals surface area contributed by atoms with E-state index < -0.39 is 0 Å². The normalized spacial score (nSPS) is 22.2. The summed E-state index contributed by atoms with van der Waals surface area (Å²) in [6.45, 7) is 5.84. The highest BCUT2D eigenvalue weighted by atomic mass is 35.5. The Morgan fingerprint density at radius 2 is 2.00 bits per heavy atom. The molecule has 1 amide bonds. The van der Waals surface area contributed by atoms with Crippen LogP contribution in [0.1, 0.15) is 25.8 Å². The Balaban J connectivity index is 0.00000200. The van der Waals surface area contributed by atoms with Gasteiger partial charge in [-0.25, -0.2) is 0 Å². The Morgan fingerprint density at radius 1 is 1.35 bits per heavy atom. The largest absolute Gasteiger partial charge is 0.340 e. The van der Waals surface area contributed by atoms with E-state index in [2.05, 4.69) is 19.2 Å². The third-order valence-corrected chi connectivity index (χ3v) is 3.66. The molecule has 1 aliphatic rings. The first-order valence-electron chi connectivity index (χ1n) is 6.83. The van der Waals surface area contributed by atoms with Gasteiger partial charge in [0, 0.05) is 36.6 Å². The molecule has 20 heavy (non-hydrogen) atoms. The summed E-state index contributed by atoms with van der Waals surface area (Å²) < 4.78 is 0. The van der Waals surface area contributed by atoms with Crippen LogP contribution in [0.2, 0.25) is 5.02 Å². The second-order valence-electron chi connectivity index (χ2n) is 5.40. The summed E-state index contributed by atoms with van der Waals surface area (Å²) in [4.78, 5) is 14.2. The number of halogens is 2. The van der Waals surface area contributed by atoms with Gasteiger partial charge in [-0.05, 0) is 38.0 Å². The maximum atomic E-state index is 12.2. The minimum Gasteiger partial charge on any atom is -0.340 e. The predicted molar refractivity (Wildman–Crippen MR) is 85.7 cm³/mol. The van der Waals surface area contributed by atoms with Crippen LogP contribution in [0.3, 0.4) is 0 Å². The lowest BCUT2D eigenvalue weighted by atomic mass is 10.1. The zero-order valence-electron chi connectivity index (χ0n) is 11.9. The molecule has 1 saturated heterocycles. The molecule has 1 aliphatic heterocycles. The van der Waals surface area contributed by atoms with Gasteiger partial charge in [0.2, 0.25) is 5.91 Å². The molecule has 2 unspecified atom stereocenters. The molecule has 0 aromatic heterocycles. The third kappa shape index (κ3) is 4.97. The highest BCUT2D eigenvalue weighted by molar-refractivity contribution is 6.30. The fourth-order valence-electron chi connectivity index (χ4n) is 2.63. The molecule has 5 heteroatoms. The second-order valence-corrected chi connectivity index (χ2v) is 5.83. The average Bonchev–Trinajstić information content (AvgIpc) is 2.35. The lowest BCUT2D eigenvalue weighted by molar-refractivity contribution is -0.132. The number of amides is 1. The average molecular weight is 317 g/mol. The Kier molecular flexibility index (Phi) is 6.80. The fraction of sp³-hybridized carbons (Fsp3) is 0.533. The van der Waals surface area contributed by atoms with Crippen molar-refractivity contribution in [1.82, 2.24) is 10.2 Å². The number of nitrogens with zero attached hydrogens (tertiary/aromatic N) is 1. The first-order chi connectivity index (χ1) is 9.04. The Labute approximate surface area is 132 Å². The van der Waals surface area contributed by atoms with Gasteiger partial charge in [-0.2, -0.15) is 0 Å². The molecule has 3 nitrogen and oxygen atoms in total. The van der Waals surface area contributed by atoms with E-state index in [1.165, 1.54) is 0 Å². The van der Waals surface area contributed by atoms with E-state index in [1.54, 1.807) is 0 Å². The highest BCUT2D eigenvalue weighted by Gasteiger charge is 2.24. The van der Waals surface area contributed by atoms with Crippen LogP contribution in [0.4, 0.5) is 0 Å². The number of piperazine rings is 1. The van der Waals surface area contributed by atoms with Crippen molar-refractivity contribution in [3.63, 3.8) is 0 Å². The molecule has 0 saturated carbocycles. The van der Waals surface area contributed by atoms with E-state index in [1.807, 2.05) is 29.2 Å². The molecular formula is C15H22Cl2N2O. The molecule has 2 rings (SSSR count). The van der Waals surface area contributed by atoms with Gasteiger partial charge in [0.25, 0.3) is 0 Å². The number of aryl methyl sites for hydroxylation is 1. The highest BCUT2D eigenvalue weighted by Crippen LogP contribution is 2.13. The topological polar surface area (TPSA) is 32.3 Å². The van der Waals surface area contributed by atoms with E-state index in [0.717, 1.165) is 30.1 Å². The zero-order chi connectivity index (χ0) is 13.8. The molecule has 1 fully saturated rings. The number of hydrogen-bond donors (Lipinski definition) is 1. The van der Waals surface area contributed by atoms with Crippen molar-refractivity contribution in [3.05, 3.63) is 34.9 Å². The Hall–Kier alpha value is -0.770. The van der Waals surface area contributed by atoms with Crippen LogP contribution in [0.5, 0.6) is 0 Å². The molecule has 1 aromatic rings. The van der Waals surface area contributed by atoms with Crippen molar-refractivity contribution in [1.29, 1.82) is 0 Å². The van der Waals surface area contributed by atoms with E-state index in [9.17, 15) is 4.79 Å². The summed E-state index contributed by atoms with van der Waals surface area (Å²) >= 11 is 5.94. The van der Waals surface area contributed by atoms with Crippen LogP contribution < -0.4 is 5.32 Å². The Bertz CT molecular complexity index is 443. The van der Waals surface area contributed by atoms with Gasteiger partial charge in [0.1, 0.15) is 0 Å². The minimum atomic E-state index is 0. The SMILES string of the molecule is CC1CN(C(=O)CCc2cccc(Cl)c2)CC(C)N1.Cl. The zero-order valence-corrected chi connectivity index (χ0v) is 13.5. The summed E-state index contributed by atoms with van der Waals surface area (Å²) in [7, 11) is 0. The maximum absolute atomic E-state index is 12.2. The predicted octanol–water partition coefficient (Wildman–Crippen LogP) is 2.90. The van der Waals surface area contributed by atoms with Crippen molar-refractivity contribution in [2.45, 2.75) is 38.8 Å². The number of hydrogen-bond acceptors (Lipinski definition) is 2. The molecule has 0 aliphatic carbocycles. The molecule has 0 radical (unpaired) electrons. The van der Waals surface area contributed by atoms with Crippen molar-refractivity contribution in [2.75, 3.05) is 13.1 Å². The summed E-state index contributed by atoms with van der Waals surface area (Å²) in [5, 5.41) is 4.16. The first kappa shape index (κ1) is 17.3. The molecular weight excluding hydrogens is 295 g/mol. The Morgan fingerprint density at radius 3 is 2.60 bits per heavy atom. The van der Waals surface area contributed by atoms with E-state index >= 15 is 0 Å². The summed E-state index contributed by atoms with van der Waals surface area (Å²) in [5.74, 6) is 0.236. The molecule has 0 spiro atoms. The van der Waals surface area contributed by atoms with Gasteiger partial charge < -0.3 is 10.2 Å². The molecule has 1 aromatic carbocycles. The van der Waals surface area contributed by atoms with Crippen molar-refractivity contribution < 1.29 is 4.79 Å². The van der Waals surface area contributed by atoms with Crippen LogP contribution >= 0.6 is 24.0 Å². The van der Waals surface area contributed by atoms with E-state index in [0.29, 0.717) is 18.5 Å². The summed E-state index contributed by atoms with van der Waals surface area (Å²) in [5.41, 5.74) is 1.12.